The summed E-state index contributed by atoms with van der Waals surface area (Å²) in [5.41, 5.74) is 0.478. The van der Waals surface area contributed by atoms with Crippen molar-refractivity contribution < 1.29 is 17.4 Å². The first-order valence-corrected chi connectivity index (χ1v) is 13.5. The molecule has 1 heterocycles. The van der Waals surface area contributed by atoms with Crippen molar-refractivity contribution >= 4 is 72.5 Å². The Hall–Kier alpha value is -2.44. The van der Waals surface area contributed by atoms with Crippen molar-refractivity contribution in [2.45, 2.75) is 29.9 Å². The number of thioether (sulfide) groups is 1. The number of amidine groups is 1. The van der Waals surface area contributed by atoms with Gasteiger partial charge in [0.15, 0.2) is 10.9 Å². The van der Waals surface area contributed by atoms with Crippen molar-refractivity contribution in [1.82, 2.24) is 5.32 Å². The molecule has 7 nitrogen and oxygen atoms in total. The van der Waals surface area contributed by atoms with Crippen molar-refractivity contribution in [3.63, 3.8) is 0 Å². The van der Waals surface area contributed by atoms with Gasteiger partial charge in [-0.05, 0) is 70.1 Å². The van der Waals surface area contributed by atoms with Gasteiger partial charge < -0.3 is 9.50 Å². The minimum Gasteiger partial charge on any atom is -0.378 e. The summed E-state index contributed by atoms with van der Waals surface area (Å²) in [5.74, 6) is 0.0665. The molecule has 3 aromatic rings. The van der Waals surface area contributed by atoms with E-state index in [1.165, 1.54) is 30.1 Å². The third-order valence-electron chi connectivity index (χ3n) is 4.90. The number of fused-ring (bicyclic) bond motifs is 1. The van der Waals surface area contributed by atoms with Crippen molar-refractivity contribution in [2.75, 3.05) is 0 Å². The predicted molar refractivity (Wildman–Crippen MR) is 140 cm³/mol. The molecule has 1 aliphatic rings. The van der Waals surface area contributed by atoms with Gasteiger partial charge in [0.2, 0.25) is 5.91 Å². The Morgan fingerprint density at radius 2 is 1.88 bits per heavy atom. The average Bonchev–Trinajstić information content (AvgIpc) is 3.14. The number of benzene rings is 3. The summed E-state index contributed by atoms with van der Waals surface area (Å²) in [4.78, 5) is 12.1. The lowest BCUT2D eigenvalue weighted by atomic mass is 10.0. The third kappa shape index (κ3) is 5.56. The molecule has 0 unspecified atom stereocenters. The van der Waals surface area contributed by atoms with Gasteiger partial charge in [-0.3, -0.25) is 4.79 Å². The normalized spacial score (nSPS) is 17.7. The van der Waals surface area contributed by atoms with E-state index in [0.29, 0.717) is 10.7 Å². The van der Waals surface area contributed by atoms with Gasteiger partial charge in [0.05, 0.1) is 11.5 Å². The van der Waals surface area contributed by atoms with Crippen LogP contribution >= 0.6 is 34.4 Å². The second-order valence-corrected chi connectivity index (χ2v) is 11.2. The zero-order valence-electron chi connectivity index (χ0n) is 17.6. The van der Waals surface area contributed by atoms with Crippen LogP contribution in [-0.2, 0) is 14.9 Å². The SMILES string of the molecule is CCC[C@@H]1S/C(=N\N=C/c2c(OS(=O)(=O)c3ccc(I)cc3)ccc3ccccc23)NC1=O. The zero-order chi connectivity index (χ0) is 23.4. The molecule has 1 fully saturated rings. The third-order valence-corrected chi connectivity index (χ3v) is 8.00. The highest BCUT2D eigenvalue weighted by molar-refractivity contribution is 14.1. The number of carbonyl (C=O) groups is 1. The fourth-order valence-corrected chi connectivity index (χ4v) is 5.64. The maximum absolute atomic E-state index is 12.9. The molecule has 170 valence electrons. The van der Waals surface area contributed by atoms with Gasteiger partial charge in [0.25, 0.3) is 0 Å². The van der Waals surface area contributed by atoms with Crippen LogP contribution in [0.15, 0.2) is 75.8 Å². The monoisotopic (exact) mass is 593 g/mol. The topological polar surface area (TPSA) is 97.2 Å². The minimum atomic E-state index is -4.04. The lowest BCUT2D eigenvalue weighted by Gasteiger charge is -2.11. The van der Waals surface area contributed by atoms with Gasteiger partial charge in [0.1, 0.15) is 4.90 Å². The molecule has 1 aliphatic heterocycles. The molecule has 33 heavy (non-hydrogen) atoms. The molecular weight excluding hydrogens is 573 g/mol. The first-order chi connectivity index (χ1) is 15.9. The van der Waals surface area contributed by atoms with E-state index in [-0.39, 0.29) is 21.8 Å². The standard InChI is InChI=1S/C23H20IN3O4S2/c1-2-5-21-22(28)26-23(32-21)27-25-14-19-18-7-4-3-6-15(18)8-13-20(19)31-33(29,30)17-11-9-16(24)10-12-17/h3-4,6-14,21H,2,5H2,1H3,(H,26,27,28)/b25-14-/t21-/m0/s1. The van der Waals surface area contributed by atoms with Crippen LogP contribution < -0.4 is 9.50 Å². The summed E-state index contributed by atoms with van der Waals surface area (Å²) in [6, 6.07) is 17.3. The Balaban J connectivity index is 1.67. The van der Waals surface area contributed by atoms with E-state index in [1.807, 2.05) is 31.2 Å². The van der Waals surface area contributed by atoms with Crippen molar-refractivity contribution in [3.8, 4) is 5.75 Å². The minimum absolute atomic E-state index is 0.0613. The van der Waals surface area contributed by atoms with Crippen molar-refractivity contribution in [3.05, 3.63) is 69.8 Å². The number of nitrogens with one attached hydrogen (secondary N) is 1. The second-order valence-electron chi connectivity index (χ2n) is 7.22. The highest BCUT2D eigenvalue weighted by Crippen LogP contribution is 2.30. The molecule has 1 N–H and O–H groups in total. The van der Waals surface area contributed by atoms with Gasteiger partial charge in [-0.15, -0.1) is 5.10 Å². The van der Waals surface area contributed by atoms with Crippen LogP contribution in [0.1, 0.15) is 25.3 Å². The summed E-state index contributed by atoms with van der Waals surface area (Å²) in [5, 5.41) is 12.9. The lowest BCUT2D eigenvalue weighted by molar-refractivity contribution is -0.118. The highest BCUT2D eigenvalue weighted by Gasteiger charge is 2.29. The summed E-state index contributed by atoms with van der Waals surface area (Å²) in [6.45, 7) is 2.02. The molecule has 0 bridgehead atoms. The van der Waals surface area contributed by atoms with Gasteiger partial charge >= 0.3 is 10.1 Å². The van der Waals surface area contributed by atoms with Gasteiger partial charge in [0, 0.05) is 9.13 Å². The van der Waals surface area contributed by atoms with Crippen LogP contribution in [0.2, 0.25) is 0 Å². The predicted octanol–water partition coefficient (Wildman–Crippen LogP) is 4.93. The Morgan fingerprint density at radius 3 is 2.64 bits per heavy atom. The molecule has 1 amide bonds. The fraction of sp³-hybridized carbons (Fsp3) is 0.174. The largest absolute Gasteiger partial charge is 0.378 e. The molecule has 0 saturated carbocycles. The van der Waals surface area contributed by atoms with Gasteiger partial charge in [-0.2, -0.15) is 13.5 Å². The van der Waals surface area contributed by atoms with Gasteiger partial charge in [-0.1, -0.05) is 55.4 Å². The van der Waals surface area contributed by atoms with Crippen LogP contribution in [0.5, 0.6) is 5.75 Å². The Kier molecular flexibility index (Phi) is 7.35. The van der Waals surface area contributed by atoms with Crippen LogP contribution in [0.25, 0.3) is 10.8 Å². The highest BCUT2D eigenvalue weighted by atomic mass is 127. The number of carbonyl (C=O) groups excluding carboxylic acids is 1. The summed E-state index contributed by atoms with van der Waals surface area (Å²) >= 11 is 3.45. The van der Waals surface area contributed by atoms with Gasteiger partial charge in [-0.25, -0.2) is 0 Å². The molecule has 0 aliphatic carbocycles. The van der Waals surface area contributed by atoms with Crippen molar-refractivity contribution in [1.29, 1.82) is 0 Å². The number of halogens is 1. The van der Waals surface area contributed by atoms with E-state index in [4.69, 9.17) is 4.18 Å². The molecular formula is C23H20IN3O4S2. The molecule has 10 heteroatoms. The summed E-state index contributed by atoms with van der Waals surface area (Å²) < 4.78 is 32.2. The number of nitrogens with zero attached hydrogens (tertiary/aromatic N) is 2. The summed E-state index contributed by atoms with van der Waals surface area (Å²) in [7, 11) is -4.04. The van der Waals surface area contributed by atoms with Crippen LogP contribution in [0, 0.1) is 3.57 Å². The van der Waals surface area contributed by atoms with E-state index in [0.717, 1.165) is 27.2 Å². The quantitative estimate of drug-likeness (QED) is 0.181. The van der Waals surface area contributed by atoms with Crippen LogP contribution in [0.4, 0.5) is 0 Å². The van der Waals surface area contributed by atoms with E-state index in [2.05, 4.69) is 38.1 Å². The number of hydrogen-bond donors (Lipinski definition) is 1. The molecule has 4 rings (SSSR count). The molecule has 1 atom stereocenters. The first-order valence-electron chi connectivity index (χ1n) is 10.2. The maximum atomic E-state index is 12.9. The molecule has 1 saturated heterocycles. The molecule has 0 aromatic heterocycles. The smallest absolute Gasteiger partial charge is 0.339 e. The zero-order valence-corrected chi connectivity index (χ0v) is 21.4. The average molecular weight is 593 g/mol. The Bertz CT molecular complexity index is 1360. The first kappa shape index (κ1) is 23.7. The number of hydrogen-bond acceptors (Lipinski definition) is 7. The van der Waals surface area contributed by atoms with Crippen LogP contribution in [0.3, 0.4) is 0 Å². The Morgan fingerprint density at radius 1 is 1.12 bits per heavy atom. The maximum Gasteiger partial charge on any atom is 0.339 e. The second kappa shape index (κ2) is 10.2. The summed E-state index contributed by atoms with van der Waals surface area (Å²) in [6.07, 6.45) is 3.11. The van der Waals surface area contributed by atoms with E-state index < -0.39 is 10.1 Å². The van der Waals surface area contributed by atoms with E-state index in [9.17, 15) is 13.2 Å². The van der Waals surface area contributed by atoms with E-state index >= 15 is 0 Å². The van der Waals surface area contributed by atoms with Crippen LogP contribution in [-0.4, -0.2) is 31.0 Å². The van der Waals surface area contributed by atoms with Crippen molar-refractivity contribution in [2.24, 2.45) is 10.2 Å². The van der Waals surface area contributed by atoms with E-state index in [1.54, 1.807) is 24.3 Å². The Labute approximate surface area is 210 Å². The molecule has 3 aromatic carbocycles. The lowest BCUT2D eigenvalue weighted by Crippen LogP contribution is -2.24. The number of rotatable bonds is 7. The fourth-order valence-electron chi connectivity index (χ4n) is 3.29. The molecule has 0 spiro atoms. The number of amides is 1. The molecule has 0 radical (unpaired) electrons.